The molecule has 0 unspecified atom stereocenters. The molecular formula is C15H18N4O2. The maximum absolute atomic E-state index is 12.2. The molecule has 1 aliphatic carbocycles. The lowest BCUT2D eigenvalue weighted by Gasteiger charge is -2.12. The third-order valence-corrected chi connectivity index (χ3v) is 3.55. The van der Waals surface area contributed by atoms with Crippen LogP contribution in [-0.4, -0.2) is 26.8 Å². The lowest BCUT2D eigenvalue weighted by molar-refractivity contribution is 0.102. The highest BCUT2D eigenvalue weighted by molar-refractivity contribution is 6.04. The highest BCUT2D eigenvalue weighted by Crippen LogP contribution is 2.23. The van der Waals surface area contributed by atoms with Crippen molar-refractivity contribution < 1.29 is 9.53 Å². The summed E-state index contributed by atoms with van der Waals surface area (Å²) >= 11 is 0. The summed E-state index contributed by atoms with van der Waals surface area (Å²) in [4.78, 5) is 16.4. The van der Waals surface area contributed by atoms with E-state index < -0.39 is 0 Å². The first kappa shape index (κ1) is 13.6. The molecule has 1 aliphatic rings. The van der Waals surface area contributed by atoms with Crippen molar-refractivity contribution in [2.24, 2.45) is 7.05 Å². The zero-order valence-electron chi connectivity index (χ0n) is 12.0. The number of carbonyl (C=O) groups excluding carboxylic acids is 1. The number of pyridine rings is 1. The number of ether oxygens (including phenoxy) is 1. The molecular weight excluding hydrogens is 268 g/mol. The van der Waals surface area contributed by atoms with Crippen LogP contribution in [0, 0.1) is 0 Å². The molecule has 0 spiro atoms. The van der Waals surface area contributed by atoms with Crippen molar-refractivity contribution in [1.82, 2.24) is 14.8 Å². The van der Waals surface area contributed by atoms with Crippen molar-refractivity contribution in [2.45, 2.75) is 31.8 Å². The normalized spacial score (nSPS) is 15.1. The Morgan fingerprint density at radius 2 is 2.24 bits per heavy atom. The Balaban J connectivity index is 1.68. The van der Waals surface area contributed by atoms with E-state index in [1.165, 1.54) is 12.8 Å². The van der Waals surface area contributed by atoms with E-state index in [9.17, 15) is 4.79 Å². The van der Waals surface area contributed by atoms with Crippen molar-refractivity contribution in [3.05, 3.63) is 36.3 Å². The average Bonchev–Trinajstić information content (AvgIpc) is 3.11. The molecule has 0 aliphatic heterocycles. The Labute approximate surface area is 123 Å². The second-order valence-electron chi connectivity index (χ2n) is 5.26. The SMILES string of the molecule is Cn1cc(NC(=O)c2ccnc(OC3CCCC3)c2)cn1. The van der Waals surface area contributed by atoms with Gasteiger partial charge in [0.25, 0.3) is 5.91 Å². The van der Waals surface area contributed by atoms with Gasteiger partial charge in [-0.3, -0.25) is 9.48 Å². The van der Waals surface area contributed by atoms with Gasteiger partial charge < -0.3 is 10.1 Å². The number of nitrogens with one attached hydrogen (secondary N) is 1. The molecule has 110 valence electrons. The first-order valence-corrected chi connectivity index (χ1v) is 7.13. The van der Waals surface area contributed by atoms with Crippen molar-refractivity contribution in [3.63, 3.8) is 0 Å². The van der Waals surface area contributed by atoms with Gasteiger partial charge in [-0.05, 0) is 31.7 Å². The van der Waals surface area contributed by atoms with E-state index >= 15 is 0 Å². The predicted octanol–water partition coefficient (Wildman–Crippen LogP) is 2.39. The highest BCUT2D eigenvalue weighted by Gasteiger charge is 2.17. The summed E-state index contributed by atoms with van der Waals surface area (Å²) in [6.45, 7) is 0. The Hall–Kier alpha value is -2.37. The average molecular weight is 286 g/mol. The maximum atomic E-state index is 12.2. The van der Waals surface area contributed by atoms with Crippen LogP contribution in [0.4, 0.5) is 5.69 Å². The third-order valence-electron chi connectivity index (χ3n) is 3.55. The van der Waals surface area contributed by atoms with E-state index in [2.05, 4.69) is 15.4 Å². The number of amides is 1. The van der Waals surface area contributed by atoms with Crippen molar-refractivity contribution in [2.75, 3.05) is 5.32 Å². The molecule has 1 fully saturated rings. The number of hydrogen-bond acceptors (Lipinski definition) is 4. The summed E-state index contributed by atoms with van der Waals surface area (Å²) in [6.07, 6.45) is 9.71. The minimum absolute atomic E-state index is 0.193. The van der Waals surface area contributed by atoms with Gasteiger partial charge in [0.05, 0.1) is 11.9 Å². The van der Waals surface area contributed by atoms with Gasteiger partial charge in [0.15, 0.2) is 0 Å². The van der Waals surface area contributed by atoms with E-state index in [1.54, 1.807) is 42.5 Å². The van der Waals surface area contributed by atoms with Crippen molar-refractivity contribution in [1.29, 1.82) is 0 Å². The molecule has 0 radical (unpaired) electrons. The molecule has 3 rings (SSSR count). The Morgan fingerprint density at radius 3 is 2.95 bits per heavy atom. The summed E-state index contributed by atoms with van der Waals surface area (Å²) in [6, 6.07) is 3.36. The number of nitrogens with zero attached hydrogens (tertiary/aromatic N) is 3. The first-order chi connectivity index (χ1) is 10.2. The number of rotatable bonds is 4. The van der Waals surface area contributed by atoms with E-state index in [0.717, 1.165) is 12.8 Å². The third kappa shape index (κ3) is 3.39. The lowest BCUT2D eigenvalue weighted by atomic mass is 10.2. The second-order valence-corrected chi connectivity index (χ2v) is 5.26. The Bertz CT molecular complexity index is 632. The summed E-state index contributed by atoms with van der Waals surface area (Å²) in [5.41, 5.74) is 1.19. The fourth-order valence-electron chi connectivity index (χ4n) is 2.48. The minimum Gasteiger partial charge on any atom is -0.474 e. The van der Waals surface area contributed by atoms with Gasteiger partial charge >= 0.3 is 0 Å². The molecule has 0 atom stereocenters. The molecule has 2 aromatic heterocycles. The molecule has 21 heavy (non-hydrogen) atoms. The monoisotopic (exact) mass is 286 g/mol. The summed E-state index contributed by atoms with van der Waals surface area (Å²) in [5, 5.41) is 6.81. The highest BCUT2D eigenvalue weighted by atomic mass is 16.5. The molecule has 0 aromatic carbocycles. The second kappa shape index (κ2) is 5.95. The topological polar surface area (TPSA) is 69.0 Å². The van der Waals surface area contributed by atoms with Crippen LogP contribution in [0.1, 0.15) is 36.0 Å². The Morgan fingerprint density at radius 1 is 1.43 bits per heavy atom. The molecule has 1 N–H and O–H groups in total. The minimum atomic E-state index is -0.193. The van der Waals surface area contributed by atoms with E-state index in [4.69, 9.17) is 4.74 Å². The van der Waals surface area contributed by atoms with Gasteiger partial charge in [-0.15, -0.1) is 0 Å². The van der Waals surface area contributed by atoms with E-state index in [1.807, 2.05) is 0 Å². The standard InChI is InChI=1S/C15H18N4O2/c1-19-10-12(9-17-19)18-15(20)11-6-7-16-14(8-11)21-13-4-2-3-5-13/h6-10,13H,2-5H2,1H3,(H,18,20). The zero-order valence-corrected chi connectivity index (χ0v) is 12.0. The summed E-state index contributed by atoms with van der Waals surface area (Å²) < 4.78 is 7.45. The van der Waals surface area contributed by atoms with Gasteiger partial charge in [0.1, 0.15) is 6.10 Å². The number of aryl methyl sites for hydroxylation is 1. The first-order valence-electron chi connectivity index (χ1n) is 7.13. The number of aromatic nitrogens is 3. The number of anilines is 1. The smallest absolute Gasteiger partial charge is 0.256 e. The Kier molecular flexibility index (Phi) is 3.85. The van der Waals surface area contributed by atoms with Crippen LogP contribution < -0.4 is 10.1 Å². The van der Waals surface area contributed by atoms with Crippen LogP contribution in [0.3, 0.4) is 0 Å². The van der Waals surface area contributed by atoms with E-state index in [-0.39, 0.29) is 12.0 Å². The van der Waals surface area contributed by atoms with Crippen LogP contribution in [0.2, 0.25) is 0 Å². The van der Waals surface area contributed by atoms with Gasteiger partial charge in [-0.2, -0.15) is 5.10 Å². The summed E-state index contributed by atoms with van der Waals surface area (Å²) in [7, 11) is 1.80. The van der Waals surface area contributed by atoms with Crippen LogP contribution in [0.25, 0.3) is 0 Å². The fraction of sp³-hybridized carbons (Fsp3) is 0.400. The van der Waals surface area contributed by atoms with Gasteiger partial charge in [-0.25, -0.2) is 4.98 Å². The molecule has 0 bridgehead atoms. The van der Waals surface area contributed by atoms with Crippen molar-refractivity contribution in [3.8, 4) is 5.88 Å². The number of hydrogen-bond donors (Lipinski definition) is 1. The molecule has 6 nitrogen and oxygen atoms in total. The fourth-order valence-corrected chi connectivity index (χ4v) is 2.48. The van der Waals surface area contributed by atoms with E-state index in [0.29, 0.717) is 17.1 Å². The quantitative estimate of drug-likeness (QED) is 0.937. The number of carbonyl (C=O) groups is 1. The van der Waals surface area contributed by atoms with Crippen LogP contribution in [0.5, 0.6) is 5.88 Å². The van der Waals surface area contributed by atoms with Gasteiger partial charge in [-0.1, -0.05) is 0 Å². The maximum Gasteiger partial charge on any atom is 0.256 e. The van der Waals surface area contributed by atoms with Crippen LogP contribution >= 0.6 is 0 Å². The van der Waals surface area contributed by atoms with Crippen LogP contribution in [0.15, 0.2) is 30.7 Å². The predicted molar refractivity (Wildman–Crippen MR) is 78.3 cm³/mol. The molecule has 0 saturated heterocycles. The van der Waals surface area contributed by atoms with Crippen molar-refractivity contribution >= 4 is 11.6 Å². The molecule has 2 heterocycles. The molecule has 1 saturated carbocycles. The molecule has 2 aromatic rings. The van der Waals surface area contributed by atoms with Crippen LogP contribution in [-0.2, 0) is 7.05 Å². The molecule has 6 heteroatoms. The lowest BCUT2D eigenvalue weighted by Crippen LogP contribution is -2.14. The van der Waals surface area contributed by atoms with Gasteiger partial charge in [0.2, 0.25) is 5.88 Å². The zero-order chi connectivity index (χ0) is 14.7. The summed E-state index contributed by atoms with van der Waals surface area (Å²) in [5.74, 6) is 0.322. The largest absolute Gasteiger partial charge is 0.474 e. The molecule has 1 amide bonds. The van der Waals surface area contributed by atoms with Gasteiger partial charge in [0, 0.05) is 31.1 Å².